The fraction of sp³-hybridized carbons (Fsp3) is 0.417. The van der Waals surface area contributed by atoms with Gasteiger partial charge in [0, 0.05) is 12.2 Å². The SMILES string of the molecule is COc1ccc(NC(=O)CNCC(C)O)cc1. The molecule has 0 aliphatic carbocycles. The van der Waals surface area contributed by atoms with Crippen molar-refractivity contribution < 1.29 is 14.6 Å². The van der Waals surface area contributed by atoms with Crippen molar-refractivity contribution in [1.82, 2.24) is 5.32 Å². The van der Waals surface area contributed by atoms with Gasteiger partial charge in [-0.15, -0.1) is 0 Å². The fourth-order valence-corrected chi connectivity index (χ4v) is 1.27. The monoisotopic (exact) mass is 238 g/mol. The van der Waals surface area contributed by atoms with E-state index in [1.807, 2.05) is 0 Å². The molecule has 1 aromatic rings. The molecule has 0 spiro atoms. The fourth-order valence-electron chi connectivity index (χ4n) is 1.27. The first kappa shape index (κ1) is 13.5. The molecule has 94 valence electrons. The Bertz CT molecular complexity index is 349. The van der Waals surface area contributed by atoms with Crippen molar-refractivity contribution in [3.8, 4) is 5.75 Å². The van der Waals surface area contributed by atoms with Gasteiger partial charge in [-0.05, 0) is 31.2 Å². The van der Waals surface area contributed by atoms with Gasteiger partial charge in [0.05, 0.1) is 19.8 Å². The first-order valence-corrected chi connectivity index (χ1v) is 5.44. The van der Waals surface area contributed by atoms with Crippen molar-refractivity contribution in [3.05, 3.63) is 24.3 Å². The van der Waals surface area contributed by atoms with E-state index < -0.39 is 6.10 Å². The highest BCUT2D eigenvalue weighted by atomic mass is 16.5. The van der Waals surface area contributed by atoms with Crippen LogP contribution in [-0.2, 0) is 4.79 Å². The van der Waals surface area contributed by atoms with Crippen LogP contribution in [0.2, 0.25) is 0 Å². The molecule has 0 saturated carbocycles. The number of rotatable bonds is 6. The van der Waals surface area contributed by atoms with Gasteiger partial charge in [0.1, 0.15) is 5.75 Å². The number of amides is 1. The number of hydrogen-bond donors (Lipinski definition) is 3. The first-order chi connectivity index (χ1) is 8.11. The van der Waals surface area contributed by atoms with E-state index in [1.165, 1.54) is 0 Å². The lowest BCUT2D eigenvalue weighted by atomic mass is 10.3. The first-order valence-electron chi connectivity index (χ1n) is 5.44. The van der Waals surface area contributed by atoms with E-state index in [0.717, 1.165) is 11.4 Å². The maximum atomic E-state index is 11.5. The van der Waals surface area contributed by atoms with Crippen LogP contribution in [0.25, 0.3) is 0 Å². The Morgan fingerprint density at radius 3 is 2.59 bits per heavy atom. The van der Waals surface area contributed by atoms with Crippen molar-refractivity contribution in [2.45, 2.75) is 13.0 Å². The molecule has 0 saturated heterocycles. The summed E-state index contributed by atoms with van der Waals surface area (Å²) < 4.78 is 5.01. The van der Waals surface area contributed by atoms with Crippen LogP contribution in [0.4, 0.5) is 5.69 Å². The molecule has 0 aliphatic rings. The van der Waals surface area contributed by atoms with Gasteiger partial charge in [0.25, 0.3) is 0 Å². The number of aliphatic hydroxyl groups is 1. The highest BCUT2D eigenvalue weighted by Gasteiger charge is 2.02. The lowest BCUT2D eigenvalue weighted by Gasteiger charge is -2.08. The summed E-state index contributed by atoms with van der Waals surface area (Å²) in [6, 6.07) is 7.09. The van der Waals surface area contributed by atoms with Gasteiger partial charge in [0.2, 0.25) is 5.91 Å². The molecular weight excluding hydrogens is 220 g/mol. The van der Waals surface area contributed by atoms with Crippen LogP contribution < -0.4 is 15.4 Å². The molecule has 3 N–H and O–H groups in total. The van der Waals surface area contributed by atoms with Crippen LogP contribution in [-0.4, -0.2) is 37.3 Å². The summed E-state index contributed by atoms with van der Waals surface area (Å²) in [5.74, 6) is 0.603. The van der Waals surface area contributed by atoms with E-state index in [2.05, 4.69) is 10.6 Å². The van der Waals surface area contributed by atoms with Crippen molar-refractivity contribution >= 4 is 11.6 Å². The van der Waals surface area contributed by atoms with Crippen molar-refractivity contribution in [2.75, 3.05) is 25.5 Å². The Balaban J connectivity index is 2.34. The van der Waals surface area contributed by atoms with Crippen LogP contribution in [0, 0.1) is 0 Å². The van der Waals surface area contributed by atoms with E-state index in [0.29, 0.717) is 6.54 Å². The summed E-state index contributed by atoms with van der Waals surface area (Å²) >= 11 is 0. The molecule has 5 heteroatoms. The molecule has 1 unspecified atom stereocenters. The third-order valence-corrected chi connectivity index (χ3v) is 2.10. The Kier molecular flexibility index (Phi) is 5.45. The third-order valence-electron chi connectivity index (χ3n) is 2.10. The van der Waals surface area contributed by atoms with Crippen LogP contribution in [0.1, 0.15) is 6.92 Å². The Morgan fingerprint density at radius 1 is 1.41 bits per heavy atom. The third kappa shape index (κ3) is 5.33. The van der Waals surface area contributed by atoms with Crippen LogP contribution >= 0.6 is 0 Å². The van der Waals surface area contributed by atoms with Gasteiger partial charge < -0.3 is 20.5 Å². The molecule has 1 rings (SSSR count). The van der Waals surface area contributed by atoms with Crippen molar-refractivity contribution in [3.63, 3.8) is 0 Å². The number of nitrogens with one attached hydrogen (secondary N) is 2. The number of carbonyl (C=O) groups excluding carboxylic acids is 1. The molecular formula is C12H18N2O3. The normalized spacial score (nSPS) is 11.9. The Morgan fingerprint density at radius 2 is 2.06 bits per heavy atom. The van der Waals surface area contributed by atoms with Gasteiger partial charge in [0.15, 0.2) is 0 Å². The van der Waals surface area contributed by atoms with E-state index in [1.54, 1.807) is 38.3 Å². The smallest absolute Gasteiger partial charge is 0.238 e. The van der Waals surface area contributed by atoms with Gasteiger partial charge in [-0.1, -0.05) is 0 Å². The number of methoxy groups -OCH3 is 1. The van der Waals surface area contributed by atoms with E-state index in [9.17, 15) is 4.79 Å². The maximum absolute atomic E-state index is 11.5. The second-order valence-electron chi connectivity index (χ2n) is 3.76. The largest absolute Gasteiger partial charge is 0.497 e. The predicted octanol–water partition coefficient (Wildman–Crippen LogP) is 0.604. The average molecular weight is 238 g/mol. The van der Waals surface area contributed by atoms with Crippen LogP contribution in [0.15, 0.2) is 24.3 Å². The molecule has 5 nitrogen and oxygen atoms in total. The second kappa shape index (κ2) is 6.88. The number of carbonyl (C=O) groups is 1. The predicted molar refractivity (Wildman–Crippen MR) is 66.2 cm³/mol. The molecule has 0 aliphatic heterocycles. The highest BCUT2D eigenvalue weighted by molar-refractivity contribution is 5.92. The average Bonchev–Trinajstić information content (AvgIpc) is 2.29. The lowest BCUT2D eigenvalue weighted by Crippen LogP contribution is -2.32. The molecule has 0 radical (unpaired) electrons. The zero-order valence-electron chi connectivity index (χ0n) is 10.1. The molecule has 0 bridgehead atoms. The van der Waals surface area contributed by atoms with Gasteiger partial charge >= 0.3 is 0 Å². The zero-order chi connectivity index (χ0) is 12.7. The topological polar surface area (TPSA) is 70.6 Å². The zero-order valence-corrected chi connectivity index (χ0v) is 10.1. The summed E-state index contributed by atoms with van der Waals surface area (Å²) in [5.41, 5.74) is 0.717. The molecule has 0 aromatic heterocycles. The van der Waals surface area contributed by atoms with Gasteiger partial charge in [-0.2, -0.15) is 0 Å². The van der Waals surface area contributed by atoms with E-state index in [-0.39, 0.29) is 12.5 Å². The summed E-state index contributed by atoms with van der Waals surface area (Å²) in [6.45, 7) is 2.24. The van der Waals surface area contributed by atoms with Crippen molar-refractivity contribution in [1.29, 1.82) is 0 Å². The van der Waals surface area contributed by atoms with Crippen molar-refractivity contribution in [2.24, 2.45) is 0 Å². The molecule has 1 amide bonds. The summed E-state index contributed by atoms with van der Waals surface area (Å²) in [7, 11) is 1.59. The maximum Gasteiger partial charge on any atom is 0.238 e. The minimum atomic E-state index is -0.455. The summed E-state index contributed by atoms with van der Waals surface area (Å²) in [6.07, 6.45) is -0.455. The molecule has 1 atom stereocenters. The lowest BCUT2D eigenvalue weighted by molar-refractivity contribution is -0.115. The van der Waals surface area contributed by atoms with E-state index in [4.69, 9.17) is 9.84 Å². The number of anilines is 1. The minimum absolute atomic E-state index is 0.143. The number of aliphatic hydroxyl groups excluding tert-OH is 1. The molecule has 1 aromatic carbocycles. The minimum Gasteiger partial charge on any atom is -0.497 e. The number of hydrogen-bond acceptors (Lipinski definition) is 4. The molecule has 0 heterocycles. The second-order valence-corrected chi connectivity index (χ2v) is 3.76. The van der Waals surface area contributed by atoms with Gasteiger partial charge in [-0.25, -0.2) is 0 Å². The Hall–Kier alpha value is -1.59. The summed E-state index contributed by atoms with van der Waals surface area (Å²) in [5, 5.41) is 14.6. The van der Waals surface area contributed by atoms with Crippen LogP contribution in [0.5, 0.6) is 5.75 Å². The molecule has 0 fully saturated rings. The van der Waals surface area contributed by atoms with E-state index >= 15 is 0 Å². The highest BCUT2D eigenvalue weighted by Crippen LogP contribution is 2.14. The standard InChI is InChI=1S/C12H18N2O3/c1-9(15)7-13-8-12(16)14-10-3-5-11(17-2)6-4-10/h3-6,9,13,15H,7-8H2,1-2H3,(H,14,16). The quantitative estimate of drug-likeness (QED) is 0.679. The number of benzene rings is 1. The van der Waals surface area contributed by atoms with Crippen LogP contribution in [0.3, 0.4) is 0 Å². The molecule has 17 heavy (non-hydrogen) atoms. The summed E-state index contributed by atoms with van der Waals surface area (Å²) in [4.78, 5) is 11.5. The Labute approximate surface area is 101 Å². The van der Waals surface area contributed by atoms with Gasteiger partial charge in [-0.3, -0.25) is 4.79 Å². The number of ether oxygens (including phenoxy) is 1.